The summed E-state index contributed by atoms with van der Waals surface area (Å²) in [6.07, 6.45) is 6.86. The summed E-state index contributed by atoms with van der Waals surface area (Å²) in [7, 11) is 2.16. The zero-order chi connectivity index (χ0) is 24.3. The van der Waals surface area contributed by atoms with Crippen LogP contribution in [0.5, 0.6) is 0 Å². The molecule has 2 aromatic heterocycles. The topological polar surface area (TPSA) is 77.1 Å². The number of hydrogen-bond donors (Lipinski definition) is 2. The molecule has 1 saturated heterocycles. The van der Waals surface area contributed by atoms with Crippen LogP contribution in [0.2, 0.25) is 0 Å². The van der Waals surface area contributed by atoms with Gasteiger partial charge in [-0.15, -0.1) is 0 Å². The standard InChI is InChI=1S/C29H28N6O/c1-34-12-14-35(15-13-34)27-11-7-19(18-30-27)6-10-24-21-9-8-20(16-26(21)33-32-24)23-17-29(23)22-4-2-3-5-25(22)31-28(29)36/h2-11,16,18,23H,12-15,17H2,1H3,(H,31,36)(H,32,33)/t23?,29-/m0/s1. The van der Waals surface area contributed by atoms with E-state index >= 15 is 0 Å². The van der Waals surface area contributed by atoms with Crippen molar-refractivity contribution in [2.75, 3.05) is 43.4 Å². The lowest BCUT2D eigenvalue weighted by Gasteiger charge is -2.33. The van der Waals surface area contributed by atoms with Gasteiger partial charge in [0.2, 0.25) is 5.91 Å². The van der Waals surface area contributed by atoms with Gasteiger partial charge >= 0.3 is 0 Å². The number of likely N-dealkylation sites (N-methyl/N-ethyl adjacent to an activating group) is 1. The van der Waals surface area contributed by atoms with E-state index < -0.39 is 5.41 Å². The summed E-state index contributed by atoms with van der Waals surface area (Å²) >= 11 is 0. The number of amides is 1. The zero-order valence-electron chi connectivity index (χ0n) is 20.2. The molecular weight excluding hydrogens is 448 g/mol. The number of nitrogens with zero attached hydrogens (tertiary/aromatic N) is 4. The fraction of sp³-hybridized carbons (Fsp3) is 0.276. The number of carbonyl (C=O) groups is 1. The van der Waals surface area contributed by atoms with Crippen molar-refractivity contribution in [3.8, 4) is 0 Å². The Balaban J connectivity index is 1.09. The summed E-state index contributed by atoms with van der Waals surface area (Å²) in [5.74, 6) is 1.35. The minimum atomic E-state index is -0.420. The molecule has 2 atom stereocenters. The van der Waals surface area contributed by atoms with Crippen molar-refractivity contribution in [1.82, 2.24) is 20.1 Å². The Labute approximate surface area is 209 Å². The molecule has 1 unspecified atom stereocenters. The normalized spacial score (nSPS) is 23.5. The van der Waals surface area contributed by atoms with Crippen molar-refractivity contribution in [3.05, 3.63) is 83.2 Å². The number of nitrogens with one attached hydrogen (secondary N) is 2. The van der Waals surface area contributed by atoms with E-state index in [2.05, 4.69) is 79.8 Å². The summed E-state index contributed by atoms with van der Waals surface area (Å²) in [6, 6.07) is 18.7. The van der Waals surface area contributed by atoms with Gasteiger partial charge in [-0.25, -0.2) is 4.98 Å². The van der Waals surface area contributed by atoms with E-state index in [0.717, 1.165) is 71.8 Å². The van der Waals surface area contributed by atoms with Crippen LogP contribution in [-0.4, -0.2) is 59.2 Å². The number of piperazine rings is 1. The first-order valence-corrected chi connectivity index (χ1v) is 12.6. The minimum absolute atomic E-state index is 0.120. The van der Waals surface area contributed by atoms with Gasteiger partial charge in [0, 0.05) is 49.4 Å². The van der Waals surface area contributed by atoms with Gasteiger partial charge in [-0.2, -0.15) is 5.10 Å². The molecule has 7 heteroatoms. The predicted molar refractivity (Wildman–Crippen MR) is 143 cm³/mol. The van der Waals surface area contributed by atoms with Crippen molar-refractivity contribution in [3.63, 3.8) is 0 Å². The number of carbonyl (C=O) groups excluding carboxylic acids is 1. The lowest BCUT2D eigenvalue weighted by atomic mass is 9.92. The van der Waals surface area contributed by atoms with Crippen LogP contribution in [0.25, 0.3) is 23.1 Å². The second-order valence-electron chi connectivity index (χ2n) is 10.2. The molecular formula is C29H28N6O. The van der Waals surface area contributed by atoms with Crippen LogP contribution in [0, 0.1) is 0 Å². The molecule has 2 fully saturated rings. The van der Waals surface area contributed by atoms with Crippen LogP contribution in [0.4, 0.5) is 11.5 Å². The highest BCUT2D eigenvalue weighted by molar-refractivity contribution is 6.09. The molecule has 1 saturated carbocycles. The molecule has 2 aliphatic heterocycles. The van der Waals surface area contributed by atoms with Crippen LogP contribution >= 0.6 is 0 Å². The van der Waals surface area contributed by atoms with E-state index in [1.807, 2.05) is 30.5 Å². The van der Waals surface area contributed by atoms with Crippen LogP contribution in [0.15, 0.2) is 60.8 Å². The van der Waals surface area contributed by atoms with Crippen molar-refractivity contribution in [1.29, 1.82) is 0 Å². The fourth-order valence-corrected chi connectivity index (χ4v) is 5.85. The van der Waals surface area contributed by atoms with Gasteiger partial charge in [0.25, 0.3) is 0 Å². The molecule has 4 aromatic rings. The van der Waals surface area contributed by atoms with Gasteiger partial charge in [-0.05, 0) is 60.5 Å². The average molecular weight is 477 g/mol. The lowest BCUT2D eigenvalue weighted by molar-refractivity contribution is -0.118. The Bertz CT molecular complexity index is 1500. The SMILES string of the molecule is CN1CCN(c2ccc(C=Cc3n[nH]c4cc(C5C[C@@]56C(=O)Nc5ccccc56)ccc34)cn2)CC1. The minimum Gasteiger partial charge on any atom is -0.354 e. The summed E-state index contributed by atoms with van der Waals surface area (Å²) < 4.78 is 0. The summed E-state index contributed by atoms with van der Waals surface area (Å²) in [4.78, 5) is 22.2. The first-order valence-electron chi connectivity index (χ1n) is 12.6. The maximum atomic E-state index is 12.9. The van der Waals surface area contributed by atoms with E-state index in [1.165, 1.54) is 5.56 Å². The number of para-hydroxylation sites is 1. The van der Waals surface area contributed by atoms with Crippen LogP contribution < -0.4 is 10.2 Å². The quantitative estimate of drug-likeness (QED) is 0.460. The van der Waals surface area contributed by atoms with E-state index in [4.69, 9.17) is 0 Å². The van der Waals surface area contributed by atoms with Gasteiger partial charge in [0.15, 0.2) is 0 Å². The molecule has 36 heavy (non-hydrogen) atoms. The first kappa shape index (κ1) is 21.3. The Morgan fingerprint density at radius 2 is 1.89 bits per heavy atom. The van der Waals surface area contributed by atoms with Crippen molar-refractivity contribution < 1.29 is 4.79 Å². The predicted octanol–water partition coefficient (Wildman–Crippen LogP) is 4.26. The largest absolute Gasteiger partial charge is 0.354 e. The number of aromatic nitrogens is 3. The maximum Gasteiger partial charge on any atom is 0.235 e. The number of anilines is 2. The van der Waals surface area contributed by atoms with Crippen molar-refractivity contribution >= 4 is 40.5 Å². The Morgan fingerprint density at radius 3 is 2.72 bits per heavy atom. The molecule has 0 radical (unpaired) electrons. The fourth-order valence-electron chi connectivity index (χ4n) is 5.85. The van der Waals surface area contributed by atoms with Gasteiger partial charge in [-0.3, -0.25) is 9.89 Å². The maximum absolute atomic E-state index is 12.9. The van der Waals surface area contributed by atoms with E-state index in [0.29, 0.717) is 0 Å². The number of hydrogen-bond acceptors (Lipinski definition) is 5. The van der Waals surface area contributed by atoms with E-state index in [9.17, 15) is 4.79 Å². The van der Waals surface area contributed by atoms with Crippen molar-refractivity contribution in [2.24, 2.45) is 0 Å². The molecule has 7 rings (SSSR count). The molecule has 7 nitrogen and oxygen atoms in total. The zero-order valence-corrected chi connectivity index (χ0v) is 20.2. The highest BCUT2D eigenvalue weighted by Gasteiger charge is 2.65. The second kappa shape index (κ2) is 8.03. The third-order valence-electron chi connectivity index (χ3n) is 8.07. The summed E-state index contributed by atoms with van der Waals surface area (Å²) in [6.45, 7) is 4.16. The highest BCUT2D eigenvalue weighted by Crippen LogP contribution is 2.64. The second-order valence-corrected chi connectivity index (χ2v) is 10.2. The Morgan fingerprint density at radius 1 is 1.03 bits per heavy atom. The molecule has 3 aliphatic rings. The first-order chi connectivity index (χ1) is 17.6. The lowest BCUT2D eigenvalue weighted by Crippen LogP contribution is -2.44. The molecule has 2 N–H and O–H groups in total. The number of pyridine rings is 1. The number of fused-ring (bicyclic) bond motifs is 3. The van der Waals surface area contributed by atoms with Crippen LogP contribution in [0.3, 0.4) is 0 Å². The van der Waals surface area contributed by atoms with Gasteiger partial charge in [-0.1, -0.05) is 36.4 Å². The van der Waals surface area contributed by atoms with Crippen LogP contribution in [0.1, 0.15) is 34.7 Å². The third kappa shape index (κ3) is 3.34. The van der Waals surface area contributed by atoms with Crippen LogP contribution in [-0.2, 0) is 10.2 Å². The van der Waals surface area contributed by atoms with Gasteiger partial charge in [0.05, 0.1) is 16.6 Å². The van der Waals surface area contributed by atoms with Crippen molar-refractivity contribution in [2.45, 2.75) is 17.8 Å². The molecule has 1 spiro atoms. The van der Waals surface area contributed by atoms with E-state index in [1.54, 1.807) is 0 Å². The number of aromatic amines is 1. The summed E-state index contributed by atoms with van der Waals surface area (Å²) in [5, 5.41) is 11.9. The molecule has 2 aromatic carbocycles. The molecule has 0 bridgehead atoms. The monoisotopic (exact) mass is 476 g/mol. The number of H-pyrrole nitrogens is 1. The molecule has 1 aliphatic carbocycles. The van der Waals surface area contributed by atoms with Gasteiger partial charge < -0.3 is 15.1 Å². The van der Waals surface area contributed by atoms with Gasteiger partial charge in [0.1, 0.15) is 5.82 Å². The number of benzene rings is 2. The number of rotatable bonds is 4. The van der Waals surface area contributed by atoms with E-state index in [-0.39, 0.29) is 11.8 Å². The molecule has 1 amide bonds. The highest BCUT2D eigenvalue weighted by atomic mass is 16.2. The Kier molecular flexibility index (Phi) is 4.76. The smallest absolute Gasteiger partial charge is 0.235 e. The average Bonchev–Trinajstić information content (AvgIpc) is 3.44. The third-order valence-corrected chi connectivity index (χ3v) is 8.07. The molecule has 4 heterocycles. The Hall–Kier alpha value is -3.97. The summed E-state index contributed by atoms with van der Waals surface area (Å²) in [5.41, 5.74) is 5.77. The molecule has 180 valence electrons.